The molecule has 0 saturated carbocycles. The Morgan fingerprint density at radius 3 is 2.58 bits per heavy atom. The highest BCUT2D eigenvalue weighted by Gasteiger charge is 2.15. The maximum Gasteiger partial charge on any atom is 0.148 e. The molecule has 1 aromatic heterocycles. The van der Waals surface area contributed by atoms with Crippen LogP contribution in [0, 0.1) is 6.92 Å². The molecule has 0 aliphatic carbocycles. The van der Waals surface area contributed by atoms with E-state index >= 15 is 0 Å². The molecule has 0 aliphatic heterocycles. The van der Waals surface area contributed by atoms with Crippen LogP contribution in [0.3, 0.4) is 0 Å². The van der Waals surface area contributed by atoms with Crippen molar-refractivity contribution in [3.63, 3.8) is 0 Å². The normalized spacial score (nSPS) is 10.6. The Balaban J connectivity index is 3.10. The molecule has 0 atom stereocenters. The highest BCUT2D eigenvalue weighted by Crippen LogP contribution is 2.23. The summed E-state index contributed by atoms with van der Waals surface area (Å²) in [6, 6.07) is 0. The molecule has 1 heterocycles. The van der Waals surface area contributed by atoms with Crippen LogP contribution < -0.4 is 16.2 Å². The van der Waals surface area contributed by atoms with Crippen LogP contribution in [0.15, 0.2) is 0 Å². The highest BCUT2D eigenvalue weighted by molar-refractivity contribution is 5.58. The van der Waals surface area contributed by atoms with Crippen LogP contribution >= 0.6 is 0 Å². The molecule has 6 nitrogen and oxygen atoms in total. The van der Waals surface area contributed by atoms with E-state index in [0.717, 1.165) is 43.1 Å². The number of likely N-dealkylation sites (N-methyl/N-ethyl adjacent to an activating group) is 1. The fraction of sp³-hybridized carbons (Fsp3) is 0.692. The largest absolute Gasteiger partial charge is 0.383 e. The Morgan fingerprint density at radius 1 is 1.32 bits per heavy atom. The highest BCUT2D eigenvalue weighted by atomic mass is 16.5. The molecule has 1 aromatic rings. The summed E-state index contributed by atoms with van der Waals surface area (Å²) < 4.78 is 5.14. The van der Waals surface area contributed by atoms with E-state index in [9.17, 15) is 0 Å². The fourth-order valence-corrected chi connectivity index (χ4v) is 1.95. The molecule has 3 N–H and O–H groups in total. The van der Waals surface area contributed by atoms with Crippen molar-refractivity contribution in [3.05, 3.63) is 11.4 Å². The molecule has 0 aromatic carbocycles. The van der Waals surface area contributed by atoms with Crippen LogP contribution in [0.5, 0.6) is 0 Å². The lowest BCUT2D eigenvalue weighted by atomic mass is 10.2. The summed E-state index contributed by atoms with van der Waals surface area (Å²) in [7, 11) is 1.70. The van der Waals surface area contributed by atoms with Gasteiger partial charge in [-0.15, -0.1) is 0 Å². The number of aryl methyl sites for hydroxylation is 1. The van der Waals surface area contributed by atoms with Gasteiger partial charge in [0.25, 0.3) is 0 Å². The molecule has 6 heteroatoms. The lowest BCUT2D eigenvalue weighted by Gasteiger charge is -2.24. The van der Waals surface area contributed by atoms with E-state index in [0.29, 0.717) is 12.4 Å². The second-order valence-electron chi connectivity index (χ2n) is 4.40. The average molecular weight is 267 g/mol. The monoisotopic (exact) mass is 267 g/mol. The third-order valence-electron chi connectivity index (χ3n) is 3.02. The van der Waals surface area contributed by atoms with Crippen molar-refractivity contribution in [1.29, 1.82) is 0 Å². The zero-order valence-corrected chi connectivity index (χ0v) is 12.4. The molecule has 0 aliphatic rings. The second kappa shape index (κ2) is 7.91. The number of nitrogens with two attached hydrogens (primary N) is 1. The first-order chi connectivity index (χ1) is 9.17. The SMILES string of the molecule is CCCc1nc(NN)c(C)c(N(CC)CCOC)n1. The summed E-state index contributed by atoms with van der Waals surface area (Å²) >= 11 is 0. The Morgan fingerprint density at radius 2 is 2.05 bits per heavy atom. The average Bonchev–Trinajstić information content (AvgIpc) is 2.42. The van der Waals surface area contributed by atoms with Crippen molar-refractivity contribution in [1.82, 2.24) is 9.97 Å². The van der Waals surface area contributed by atoms with E-state index in [2.05, 4.69) is 34.1 Å². The molecular formula is C13H25N5O. The number of ether oxygens (including phenoxy) is 1. The van der Waals surface area contributed by atoms with Crippen molar-refractivity contribution < 1.29 is 4.74 Å². The molecule has 0 amide bonds. The predicted molar refractivity (Wildman–Crippen MR) is 78.3 cm³/mol. The van der Waals surface area contributed by atoms with Crippen molar-refractivity contribution in [3.8, 4) is 0 Å². The van der Waals surface area contributed by atoms with Crippen molar-refractivity contribution in [2.24, 2.45) is 5.84 Å². The van der Waals surface area contributed by atoms with Crippen molar-refractivity contribution in [2.75, 3.05) is 37.1 Å². The standard InChI is InChI=1S/C13H25N5O/c1-5-7-11-15-12(17-14)10(3)13(16-11)18(6-2)8-9-19-4/h5-9,14H2,1-4H3,(H,15,16,17). The molecule has 0 saturated heterocycles. The van der Waals surface area contributed by atoms with Crippen LogP contribution in [-0.4, -0.2) is 36.8 Å². The first-order valence-corrected chi connectivity index (χ1v) is 6.75. The van der Waals surface area contributed by atoms with E-state index in [1.54, 1.807) is 7.11 Å². The number of aromatic nitrogens is 2. The maximum atomic E-state index is 5.54. The quantitative estimate of drug-likeness (QED) is 0.549. The summed E-state index contributed by atoms with van der Waals surface area (Å²) in [5.41, 5.74) is 3.63. The van der Waals surface area contributed by atoms with Crippen LogP contribution in [0.1, 0.15) is 31.7 Å². The van der Waals surface area contributed by atoms with Crippen LogP contribution in [0.4, 0.5) is 11.6 Å². The summed E-state index contributed by atoms with van der Waals surface area (Å²) in [4.78, 5) is 11.3. The number of anilines is 2. The predicted octanol–water partition coefficient (Wildman–Crippen LogP) is 1.50. The van der Waals surface area contributed by atoms with Crippen molar-refractivity contribution in [2.45, 2.75) is 33.6 Å². The Hall–Kier alpha value is -1.40. The molecule has 0 fully saturated rings. The zero-order chi connectivity index (χ0) is 14.3. The minimum atomic E-state index is 0.672. The van der Waals surface area contributed by atoms with E-state index in [1.165, 1.54) is 0 Å². The molecule has 19 heavy (non-hydrogen) atoms. The van der Waals surface area contributed by atoms with Gasteiger partial charge in [-0.3, -0.25) is 0 Å². The summed E-state index contributed by atoms with van der Waals surface area (Å²) in [5, 5.41) is 0. The van der Waals surface area contributed by atoms with Gasteiger partial charge in [-0.25, -0.2) is 15.8 Å². The Bertz CT molecular complexity index is 397. The molecule has 1 rings (SSSR count). The lowest BCUT2D eigenvalue weighted by molar-refractivity contribution is 0.205. The minimum absolute atomic E-state index is 0.672. The van der Waals surface area contributed by atoms with Gasteiger partial charge in [-0.2, -0.15) is 0 Å². The number of hydrogen-bond donors (Lipinski definition) is 2. The van der Waals surface area contributed by atoms with Gasteiger partial charge in [0, 0.05) is 32.2 Å². The minimum Gasteiger partial charge on any atom is -0.383 e. The van der Waals surface area contributed by atoms with E-state index in [1.807, 2.05) is 6.92 Å². The number of nitrogens with one attached hydrogen (secondary N) is 1. The number of rotatable bonds is 8. The van der Waals surface area contributed by atoms with E-state index in [-0.39, 0.29) is 0 Å². The number of hydrazine groups is 1. The van der Waals surface area contributed by atoms with Gasteiger partial charge in [0.05, 0.1) is 6.61 Å². The zero-order valence-electron chi connectivity index (χ0n) is 12.4. The van der Waals surface area contributed by atoms with Gasteiger partial charge in [-0.1, -0.05) is 6.92 Å². The summed E-state index contributed by atoms with van der Waals surface area (Å²) in [6.07, 6.45) is 1.86. The summed E-state index contributed by atoms with van der Waals surface area (Å²) in [5.74, 6) is 8.00. The molecule has 0 bridgehead atoms. The van der Waals surface area contributed by atoms with Gasteiger partial charge in [-0.05, 0) is 20.3 Å². The van der Waals surface area contributed by atoms with Gasteiger partial charge in [0.1, 0.15) is 17.5 Å². The maximum absolute atomic E-state index is 5.54. The van der Waals surface area contributed by atoms with Gasteiger partial charge >= 0.3 is 0 Å². The third kappa shape index (κ3) is 4.04. The van der Waals surface area contributed by atoms with Gasteiger partial charge in [0.15, 0.2) is 0 Å². The lowest BCUT2D eigenvalue weighted by Crippen LogP contribution is -2.29. The molecule has 0 radical (unpaired) electrons. The molecule has 108 valence electrons. The number of nitrogen functional groups attached to an aromatic ring is 1. The number of hydrogen-bond acceptors (Lipinski definition) is 6. The fourth-order valence-electron chi connectivity index (χ4n) is 1.95. The Labute approximate surface area is 115 Å². The first kappa shape index (κ1) is 15.7. The smallest absolute Gasteiger partial charge is 0.148 e. The molecule has 0 unspecified atom stereocenters. The Kier molecular flexibility index (Phi) is 6.52. The van der Waals surface area contributed by atoms with E-state index in [4.69, 9.17) is 10.6 Å². The summed E-state index contributed by atoms with van der Waals surface area (Å²) in [6.45, 7) is 8.55. The van der Waals surface area contributed by atoms with Gasteiger partial charge in [0.2, 0.25) is 0 Å². The number of nitrogens with zero attached hydrogens (tertiary/aromatic N) is 3. The van der Waals surface area contributed by atoms with Crippen LogP contribution in [0.2, 0.25) is 0 Å². The second-order valence-corrected chi connectivity index (χ2v) is 4.40. The van der Waals surface area contributed by atoms with Crippen LogP contribution in [-0.2, 0) is 11.2 Å². The van der Waals surface area contributed by atoms with Crippen molar-refractivity contribution >= 4 is 11.6 Å². The number of methoxy groups -OCH3 is 1. The van der Waals surface area contributed by atoms with E-state index < -0.39 is 0 Å². The third-order valence-corrected chi connectivity index (χ3v) is 3.02. The molecule has 0 spiro atoms. The molecular weight excluding hydrogens is 242 g/mol. The van der Waals surface area contributed by atoms with Crippen LogP contribution in [0.25, 0.3) is 0 Å². The van der Waals surface area contributed by atoms with Gasteiger partial charge < -0.3 is 15.1 Å². The first-order valence-electron chi connectivity index (χ1n) is 6.75. The topological polar surface area (TPSA) is 76.3 Å².